The van der Waals surface area contributed by atoms with Gasteiger partial charge in [0.25, 0.3) is 26.0 Å². The lowest BCUT2D eigenvalue weighted by atomic mass is 10.2. The second-order valence-corrected chi connectivity index (χ2v) is 12.4. The lowest BCUT2D eigenvalue weighted by Crippen LogP contribution is -2.15. The normalized spacial score (nSPS) is 11.6. The quantitative estimate of drug-likeness (QED) is 0.227. The average molecular weight is 591 g/mol. The molecular formula is C26H21Cl2N3O5S2. The van der Waals surface area contributed by atoms with E-state index in [0.717, 1.165) is 5.56 Å². The van der Waals surface area contributed by atoms with Gasteiger partial charge >= 0.3 is 0 Å². The number of carbonyl (C=O) groups is 1. The van der Waals surface area contributed by atoms with Crippen LogP contribution in [0.2, 0.25) is 10.0 Å². The fourth-order valence-electron chi connectivity index (χ4n) is 3.34. The van der Waals surface area contributed by atoms with E-state index in [1.807, 2.05) is 6.92 Å². The second-order valence-electron chi connectivity index (χ2n) is 8.20. The lowest BCUT2D eigenvalue weighted by Gasteiger charge is -2.12. The summed E-state index contributed by atoms with van der Waals surface area (Å²) in [6.45, 7) is 1.85. The van der Waals surface area contributed by atoms with Gasteiger partial charge in [-0.1, -0.05) is 40.9 Å². The van der Waals surface area contributed by atoms with Crippen molar-refractivity contribution in [2.24, 2.45) is 0 Å². The molecule has 0 spiro atoms. The molecule has 0 aliphatic rings. The number of anilines is 3. The number of benzene rings is 4. The maximum absolute atomic E-state index is 12.8. The molecule has 0 saturated carbocycles. The van der Waals surface area contributed by atoms with Crippen LogP contribution in [0, 0.1) is 6.92 Å². The van der Waals surface area contributed by atoms with Gasteiger partial charge in [-0.05, 0) is 85.8 Å². The third-order valence-corrected chi connectivity index (χ3v) is 8.68. The van der Waals surface area contributed by atoms with Crippen molar-refractivity contribution in [3.63, 3.8) is 0 Å². The molecule has 4 aromatic rings. The largest absolute Gasteiger partial charge is 0.322 e. The maximum Gasteiger partial charge on any atom is 0.261 e. The van der Waals surface area contributed by atoms with Gasteiger partial charge in [-0.15, -0.1) is 0 Å². The van der Waals surface area contributed by atoms with Crippen molar-refractivity contribution < 1.29 is 21.6 Å². The Morgan fingerprint density at radius 3 is 1.66 bits per heavy atom. The molecule has 38 heavy (non-hydrogen) atoms. The summed E-state index contributed by atoms with van der Waals surface area (Å²) in [6.07, 6.45) is 0. The summed E-state index contributed by atoms with van der Waals surface area (Å²) in [5.74, 6) is -0.558. The molecule has 0 bridgehead atoms. The number of amides is 1. The highest BCUT2D eigenvalue weighted by atomic mass is 35.5. The van der Waals surface area contributed by atoms with Gasteiger partial charge in [0, 0.05) is 16.4 Å². The molecule has 3 N–H and O–H groups in total. The van der Waals surface area contributed by atoms with Crippen molar-refractivity contribution >= 4 is 66.2 Å². The molecule has 0 fully saturated rings. The molecule has 0 radical (unpaired) electrons. The highest BCUT2D eigenvalue weighted by Crippen LogP contribution is 2.25. The van der Waals surface area contributed by atoms with Crippen LogP contribution >= 0.6 is 23.2 Å². The van der Waals surface area contributed by atoms with Gasteiger partial charge in [-0.2, -0.15) is 0 Å². The van der Waals surface area contributed by atoms with Crippen LogP contribution in [-0.4, -0.2) is 22.7 Å². The summed E-state index contributed by atoms with van der Waals surface area (Å²) in [5, 5.41) is 3.14. The topological polar surface area (TPSA) is 121 Å². The smallest absolute Gasteiger partial charge is 0.261 e. The first-order chi connectivity index (χ1) is 17.9. The zero-order valence-electron chi connectivity index (χ0n) is 19.8. The summed E-state index contributed by atoms with van der Waals surface area (Å²) in [7, 11) is -7.69. The van der Waals surface area contributed by atoms with Gasteiger partial charge in [0.1, 0.15) is 0 Å². The first kappa shape index (κ1) is 27.5. The minimum absolute atomic E-state index is 0.00584. The fraction of sp³-hybridized carbons (Fsp3) is 0.0385. The summed E-state index contributed by atoms with van der Waals surface area (Å²) >= 11 is 12.1. The van der Waals surface area contributed by atoms with E-state index in [9.17, 15) is 21.6 Å². The molecule has 0 atom stereocenters. The molecule has 0 saturated heterocycles. The van der Waals surface area contributed by atoms with E-state index in [1.165, 1.54) is 66.7 Å². The molecule has 4 aromatic carbocycles. The first-order valence-corrected chi connectivity index (χ1v) is 14.7. The van der Waals surface area contributed by atoms with Crippen molar-refractivity contribution in [1.82, 2.24) is 0 Å². The van der Waals surface area contributed by atoms with E-state index in [1.54, 1.807) is 24.3 Å². The van der Waals surface area contributed by atoms with E-state index in [2.05, 4.69) is 14.8 Å². The van der Waals surface area contributed by atoms with Crippen LogP contribution in [0.3, 0.4) is 0 Å². The minimum Gasteiger partial charge on any atom is -0.322 e. The molecule has 0 heterocycles. The SMILES string of the molecule is Cc1ccc(S(=O)(=O)Nc2ccc(C(=O)Nc3ccc(S(=O)(=O)Nc4ccc(Cl)cc4)cc3)c(Cl)c2)cc1. The number of aryl methyl sites for hydroxylation is 1. The van der Waals surface area contributed by atoms with Crippen LogP contribution < -0.4 is 14.8 Å². The van der Waals surface area contributed by atoms with E-state index < -0.39 is 26.0 Å². The number of nitrogens with one attached hydrogen (secondary N) is 3. The zero-order valence-corrected chi connectivity index (χ0v) is 22.9. The van der Waals surface area contributed by atoms with E-state index >= 15 is 0 Å². The standard InChI is InChI=1S/C26H21Cl2N3O5S2/c1-17-2-11-22(12-3-17)38(35,36)31-21-10-15-24(25(28)16-21)26(32)29-19-8-13-23(14-9-19)37(33,34)30-20-6-4-18(27)5-7-20/h2-16,30-31H,1H3,(H,29,32). The number of carbonyl (C=O) groups excluding carboxylic acids is 1. The molecule has 0 aromatic heterocycles. The van der Waals surface area contributed by atoms with E-state index in [0.29, 0.717) is 16.4 Å². The third-order valence-electron chi connectivity index (χ3n) is 5.32. The molecular weight excluding hydrogens is 569 g/mol. The average Bonchev–Trinajstić information content (AvgIpc) is 2.86. The summed E-state index contributed by atoms with van der Waals surface area (Å²) in [4.78, 5) is 12.8. The van der Waals surface area contributed by atoms with Gasteiger partial charge in [0.05, 0.1) is 26.1 Å². The predicted molar refractivity (Wildman–Crippen MR) is 150 cm³/mol. The van der Waals surface area contributed by atoms with Crippen LogP contribution in [0.4, 0.5) is 17.1 Å². The zero-order chi connectivity index (χ0) is 27.5. The van der Waals surface area contributed by atoms with Crippen LogP contribution in [0.15, 0.2) is 101 Å². The highest BCUT2D eigenvalue weighted by Gasteiger charge is 2.18. The second kappa shape index (κ2) is 11.0. The van der Waals surface area contributed by atoms with Crippen LogP contribution in [0.1, 0.15) is 15.9 Å². The summed E-state index contributed by atoms with van der Waals surface area (Å²) in [5.41, 5.74) is 1.90. The molecule has 4 rings (SSSR count). The molecule has 12 heteroatoms. The Hall–Kier alpha value is -3.57. The summed E-state index contributed by atoms with van der Waals surface area (Å²) < 4.78 is 55.4. The number of hydrogen-bond donors (Lipinski definition) is 3. The van der Waals surface area contributed by atoms with Crippen molar-refractivity contribution in [2.45, 2.75) is 16.7 Å². The Morgan fingerprint density at radius 1 is 0.632 bits per heavy atom. The predicted octanol–water partition coefficient (Wildman–Crippen LogP) is 6.16. The van der Waals surface area contributed by atoms with Crippen LogP contribution in [0.5, 0.6) is 0 Å². The van der Waals surface area contributed by atoms with Crippen molar-refractivity contribution in [3.05, 3.63) is 112 Å². The van der Waals surface area contributed by atoms with Gasteiger partial charge in [-0.3, -0.25) is 14.2 Å². The Morgan fingerprint density at radius 2 is 1.11 bits per heavy atom. The summed E-state index contributed by atoms with van der Waals surface area (Å²) in [6, 6.07) is 22.3. The molecule has 0 unspecified atom stereocenters. The monoisotopic (exact) mass is 589 g/mol. The Balaban J connectivity index is 1.43. The lowest BCUT2D eigenvalue weighted by molar-refractivity contribution is 0.102. The molecule has 196 valence electrons. The van der Waals surface area contributed by atoms with Crippen molar-refractivity contribution in [1.29, 1.82) is 0 Å². The third kappa shape index (κ3) is 6.65. The van der Waals surface area contributed by atoms with E-state index in [-0.39, 0.29) is 26.1 Å². The molecule has 0 aliphatic carbocycles. The Kier molecular flexibility index (Phi) is 7.98. The Labute approximate surface area is 230 Å². The molecule has 1 amide bonds. The van der Waals surface area contributed by atoms with Gasteiger partial charge in [0.2, 0.25) is 0 Å². The van der Waals surface area contributed by atoms with E-state index in [4.69, 9.17) is 23.2 Å². The minimum atomic E-state index is -3.86. The molecule has 8 nitrogen and oxygen atoms in total. The number of sulfonamides is 2. The van der Waals surface area contributed by atoms with Gasteiger partial charge in [-0.25, -0.2) is 16.8 Å². The number of halogens is 2. The first-order valence-electron chi connectivity index (χ1n) is 11.0. The molecule has 0 aliphatic heterocycles. The maximum atomic E-state index is 12.8. The number of rotatable bonds is 8. The van der Waals surface area contributed by atoms with Crippen molar-refractivity contribution in [3.8, 4) is 0 Å². The van der Waals surface area contributed by atoms with Gasteiger partial charge < -0.3 is 5.32 Å². The van der Waals surface area contributed by atoms with Gasteiger partial charge in [0.15, 0.2) is 0 Å². The highest BCUT2D eigenvalue weighted by molar-refractivity contribution is 7.93. The Bertz CT molecular complexity index is 1690. The number of hydrogen-bond acceptors (Lipinski definition) is 5. The van der Waals surface area contributed by atoms with Crippen LogP contribution in [0.25, 0.3) is 0 Å². The van der Waals surface area contributed by atoms with Crippen LogP contribution in [-0.2, 0) is 20.0 Å². The fourth-order valence-corrected chi connectivity index (χ4v) is 5.84. The van der Waals surface area contributed by atoms with Crippen molar-refractivity contribution in [2.75, 3.05) is 14.8 Å².